The number of hydrogen-bond donors (Lipinski definition) is 1. The highest BCUT2D eigenvalue weighted by Gasteiger charge is 2.21. The minimum atomic E-state index is 0.741. The van der Waals surface area contributed by atoms with Gasteiger partial charge in [-0.3, -0.25) is 0 Å². The van der Waals surface area contributed by atoms with Crippen molar-refractivity contribution in [3.63, 3.8) is 0 Å². The summed E-state index contributed by atoms with van der Waals surface area (Å²) in [5, 5.41) is 11.7. The van der Waals surface area contributed by atoms with Crippen LogP contribution < -0.4 is 0 Å². The quantitative estimate of drug-likeness (QED) is 0.349. The second-order valence-corrected chi connectivity index (χ2v) is 2.07. The Kier molecular flexibility index (Phi) is 2.72. The van der Waals surface area contributed by atoms with Crippen molar-refractivity contribution in [1.29, 1.82) is 0 Å². The summed E-state index contributed by atoms with van der Waals surface area (Å²) in [6.45, 7) is 1.96. The third-order valence-corrected chi connectivity index (χ3v) is 1.45. The molecule has 0 spiro atoms. The molecule has 2 nitrogen and oxygen atoms in total. The molecule has 1 saturated carbocycles. The minimum absolute atomic E-state index is 0.741. The van der Waals surface area contributed by atoms with Crippen LogP contribution >= 0.6 is 0 Å². The lowest BCUT2D eigenvalue weighted by atomic mass is 10.0. The van der Waals surface area contributed by atoms with Crippen LogP contribution in [0.4, 0.5) is 0 Å². The lowest BCUT2D eigenvalue weighted by molar-refractivity contribution is 0.317. The van der Waals surface area contributed by atoms with Crippen LogP contribution in [0.25, 0.3) is 0 Å². The molecular formula is C8H10NO. The Morgan fingerprint density at radius 1 is 1.50 bits per heavy atom. The van der Waals surface area contributed by atoms with E-state index >= 15 is 0 Å². The molecule has 0 heterocycles. The molecule has 1 aliphatic rings. The molecule has 0 bridgehead atoms. The normalized spacial score (nSPS) is 21.9. The average molecular weight is 136 g/mol. The topological polar surface area (TPSA) is 32.6 Å². The molecule has 53 valence electrons. The van der Waals surface area contributed by atoms with Gasteiger partial charge in [0.15, 0.2) is 0 Å². The molecule has 10 heavy (non-hydrogen) atoms. The summed E-state index contributed by atoms with van der Waals surface area (Å²) in [4.78, 5) is 0. The summed E-state index contributed by atoms with van der Waals surface area (Å²) in [6.07, 6.45) is 8.48. The number of rotatable bonds is 2. The van der Waals surface area contributed by atoms with Crippen molar-refractivity contribution >= 4 is 5.71 Å². The predicted octanol–water partition coefficient (Wildman–Crippen LogP) is 1.63. The number of oxime groups is 1. The fraction of sp³-hybridized carbons (Fsp3) is 0.250. The molecular weight excluding hydrogens is 126 g/mol. The standard InChI is InChI=1S/C8H10NO/c1-2-8(9-10)7-5-3-4-6-7/h3-6,10H,2H2,1H3/b9-8+. The van der Waals surface area contributed by atoms with E-state index in [1.54, 1.807) is 0 Å². The maximum absolute atomic E-state index is 8.49. The van der Waals surface area contributed by atoms with E-state index in [9.17, 15) is 0 Å². The monoisotopic (exact) mass is 136 g/mol. The van der Waals surface area contributed by atoms with Gasteiger partial charge in [-0.1, -0.05) is 12.1 Å². The number of nitrogens with zero attached hydrogens (tertiary/aromatic N) is 1. The molecule has 0 unspecified atom stereocenters. The van der Waals surface area contributed by atoms with Gasteiger partial charge in [-0.15, -0.1) is 0 Å². The predicted molar refractivity (Wildman–Crippen MR) is 40.0 cm³/mol. The SMILES string of the molecule is CC/C(=N\O)[C]1[CH][CH][CH][CH]1. The van der Waals surface area contributed by atoms with Crippen molar-refractivity contribution in [2.45, 2.75) is 13.3 Å². The van der Waals surface area contributed by atoms with Crippen LogP contribution in [0.5, 0.6) is 0 Å². The Morgan fingerprint density at radius 3 is 2.50 bits per heavy atom. The molecule has 0 amide bonds. The second kappa shape index (κ2) is 3.59. The molecule has 1 fully saturated rings. The van der Waals surface area contributed by atoms with E-state index < -0.39 is 0 Å². The molecule has 5 radical (unpaired) electrons. The van der Waals surface area contributed by atoms with Crippen LogP contribution in [0.15, 0.2) is 5.16 Å². The van der Waals surface area contributed by atoms with E-state index in [1.165, 1.54) is 0 Å². The summed E-state index contributed by atoms with van der Waals surface area (Å²) in [6, 6.07) is 0. The second-order valence-electron chi connectivity index (χ2n) is 2.07. The highest BCUT2D eigenvalue weighted by atomic mass is 16.4. The first kappa shape index (κ1) is 7.58. The first-order valence-electron chi connectivity index (χ1n) is 3.31. The van der Waals surface area contributed by atoms with Crippen molar-refractivity contribution in [2.24, 2.45) is 5.16 Å². The van der Waals surface area contributed by atoms with Crippen molar-refractivity contribution in [2.75, 3.05) is 0 Å². The highest BCUT2D eigenvalue weighted by Crippen LogP contribution is 2.25. The molecule has 0 aromatic heterocycles. The van der Waals surface area contributed by atoms with Gasteiger partial charge < -0.3 is 5.21 Å². The maximum Gasteiger partial charge on any atom is 0.0645 e. The van der Waals surface area contributed by atoms with E-state index in [-0.39, 0.29) is 0 Å². The molecule has 1 aliphatic carbocycles. The van der Waals surface area contributed by atoms with Crippen LogP contribution in [0, 0.1) is 31.6 Å². The smallest absolute Gasteiger partial charge is 0.0645 e. The third kappa shape index (κ3) is 1.49. The Labute approximate surface area is 61.9 Å². The molecule has 1 rings (SSSR count). The maximum atomic E-state index is 8.49. The van der Waals surface area contributed by atoms with Gasteiger partial charge in [0.05, 0.1) is 5.71 Å². The van der Waals surface area contributed by atoms with Gasteiger partial charge in [0.25, 0.3) is 0 Å². The van der Waals surface area contributed by atoms with Crippen molar-refractivity contribution in [1.82, 2.24) is 0 Å². The summed E-state index contributed by atoms with van der Waals surface area (Å²) in [5.41, 5.74) is 0.741. The van der Waals surface area contributed by atoms with Gasteiger partial charge in [-0.05, 0) is 32.1 Å². The molecule has 0 aromatic rings. The zero-order valence-corrected chi connectivity index (χ0v) is 5.91. The summed E-state index contributed by atoms with van der Waals surface area (Å²) in [7, 11) is 0. The third-order valence-electron chi connectivity index (χ3n) is 1.45. The zero-order valence-electron chi connectivity index (χ0n) is 5.91. The Hall–Kier alpha value is -0.530. The Balaban J connectivity index is 2.45. The minimum Gasteiger partial charge on any atom is -0.411 e. The van der Waals surface area contributed by atoms with Crippen LogP contribution in [0.2, 0.25) is 0 Å². The van der Waals surface area contributed by atoms with Gasteiger partial charge in [-0.2, -0.15) is 0 Å². The van der Waals surface area contributed by atoms with Gasteiger partial charge in [0.2, 0.25) is 0 Å². The average Bonchev–Trinajstić information content (AvgIpc) is 2.43. The summed E-state index contributed by atoms with van der Waals surface area (Å²) in [5.74, 6) is 1.00. The number of hydrogen-bond acceptors (Lipinski definition) is 2. The zero-order chi connectivity index (χ0) is 7.40. The van der Waals surface area contributed by atoms with Crippen molar-refractivity contribution in [3.05, 3.63) is 31.6 Å². The van der Waals surface area contributed by atoms with Crippen molar-refractivity contribution < 1.29 is 5.21 Å². The molecule has 0 aliphatic heterocycles. The lowest BCUT2D eigenvalue weighted by Gasteiger charge is -2.05. The largest absolute Gasteiger partial charge is 0.411 e. The fourth-order valence-electron chi connectivity index (χ4n) is 0.899. The fourth-order valence-corrected chi connectivity index (χ4v) is 0.899. The Bertz CT molecular complexity index is 125. The summed E-state index contributed by atoms with van der Waals surface area (Å²) < 4.78 is 0. The molecule has 0 saturated heterocycles. The van der Waals surface area contributed by atoms with E-state index in [2.05, 4.69) is 5.16 Å². The van der Waals surface area contributed by atoms with E-state index in [0.29, 0.717) is 0 Å². The first-order valence-corrected chi connectivity index (χ1v) is 3.31. The molecule has 1 N–H and O–H groups in total. The Morgan fingerprint density at radius 2 is 2.10 bits per heavy atom. The molecule has 0 aromatic carbocycles. The van der Waals surface area contributed by atoms with Crippen LogP contribution in [0.3, 0.4) is 0 Å². The molecule has 2 heteroatoms. The van der Waals surface area contributed by atoms with Gasteiger partial charge >= 0.3 is 0 Å². The van der Waals surface area contributed by atoms with E-state index in [4.69, 9.17) is 5.21 Å². The van der Waals surface area contributed by atoms with Gasteiger partial charge in [-0.25, -0.2) is 0 Å². The van der Waals surface area contributed by atoms with E-state index in [0.717, 1.165) is 18.1 Å². The van der Waals surface area contributed by atoms with Gasteiger partial charge in [0.1, 0.15) is 0 Å². The van der Waals surface area contributed by atoms with Crippen molar-refractivity contribution in [3.8, 4) is 0 Å². The van der Waals surface area contributed by atoms with Gasteiger partial charge in [0, 0.05) is 5.92 Å². The summed E-state index contributed by atoms with van der Waals surface area (Å²) >= 11 is 0. The highest BCUT2D eigenvalue weighted by molar-refractivity contribution is 6.01. The first-order chi connectivity index (χ1) is 4.88. The molecule has 0 atom stereocenters. The lowest BCUT2D eigenvalue weighted by Crippen LogP contribution is -2.07. The van der Waals surface area contributed by atoms with Crippen LogP contribution in [-0.2, 0) is 0 Å². The van der Waals surface area contributed by atoms with Crippen LogP contribution in [-0.4, -0.2) is 10.9 Å². The van der Waals surface area contributed by atoms with Crippen LogP contribution in [0.1, 0.15) is 13.3 Å². The van der Waals surface area contributed by atoms with E-state index in [1.807, 2.05) is 32.6 Å².